The van der Waals surface area contributed by atoms with Gasteiger partial charge in [-0.1, -0.05) is 13.8 Å². The van der Waals surface area contributed by atoms with E-state index < -0.39 is 0 Å². The largest absolute Gasteiger partial charge is 0.463 e. The predicted octanol–water partition coefficient (Wildman–Crippen LogP) is 1.59. The molecule has 144 valence electrons. The van der Waals surface area contributed by atoms with E-state index in [1.807, 2.05) is 6.07 Å². The Morgan fingerprint density at radius 2 is 2.00 bits per heavy atom. The fourth-order valence-electron chi connectivity index (χ4n) is 3.63. The summed E-state index contributed by atoms with van der Waals surface area (Å²) in [4.78, 5) is 25.5. The van der Waals surface area contributed by atoms with Crippen LogP contribution in [0.2, 0.25) is 0 Å². The highest BCUT2D eigenvalue weighted by atomic mass is 16.6. The molecule has 0 bridgehead atoms. The van der Waals surface area contributed by atoms with E-state index in [1.165, 1.54) is 0 Å². The summed E-state index contributed by atoms with van der Waals surface area (Å²) in [5.41, 5.74) is 0. The molecular formula is C19H30N4O3. The number of rotatable bonds is 6. The molecule has 1 aromatic heterocycles. The molecule has 3 heterocycles. The van der Waals surface area contributed by atoms with Gasteiger partial charge in [0.15, 0.2) is 0 Å². The Hall–Kier alpha value is -1.73. The van der Waals surface area contributed by atoms with Crippen molar-refractivity contribution in [2.45, 2.75) is 32.8 Å². The van der Waals surface area contributed by atoms with Crippen LogP contribution in [0.4, 0.5) is 5.95 Å². The summed E-state index contributed by atoms with van der Waals surface area (Å²) in [6.45, 7) is 9.94. The minimum atomic E-state index is -0.0942. The van der Waals surface area contributed by atoms with E-state index in [1.54, 1.807) is 12.4 Å². The van der Waals surface area contributed by atoms with Crippen LogP contribution in [0.5, 0.6) is 0 Å². The third kappa shape index (κ3) is 5.38. The monoisotopic (exact) mass is 362 g/mol. The molecule has 7 nitrogen and oxygen atoms in total. The van der Waals surface area contributed by atoms with E-state index in [9.17, 15) is 4.79 Å². The summed E-state index contributed by atoms with van der Waals surface area (Å²) < 4.78 is 11.3. The highest BCUT2D eigenvalue weighted by Gasteiger charge is 2.29. The summed E-state index contributed by atoms with van der Waals surface area (Å²) >= 11 is 0. The Labute approximate surface area is 155 Å². The molecule has 7 heteroatoms. The van der Waals surface area contributed by atoms with Gasteiger partial charge in [0, 0.05) is 45.1 Å². The van der Waals surface area contributed by atoms with Gasteiger partial charge in [0.1, 0.15) is 12.7 Å². The normalized spacial score (nSPS) is 22.6. The maximum Gasteiger partial charge on any atom is 0.309 e. The number of hydrogen-bond acceptors (Lipinski definition) is 7. The van der Waals surface area contributed by atoms with E-state index in [-0.39, 0.29) is 18.0 Å². The number of piperidine rings is 1. The maximum absolute atomic E-state index is 12.4. The van der Waals surface area contributed by atoms with Crippen LogP contribution in [0.1, 0.15) is 26.7 Å². The quantitative estimate of drug-likeness (QED) is 0.712. The van der Waals surface area contributed by atoms with Crippen molar-refractivity contribution in [3.05, 3.63) is 18.5 Å². The van der Waals surface area contributed by atoms with Crippen molar-refractivity contribution in [3.63, 3.8) is 0 Å². The molecule has 0 N–H and O–H groups in total. The van der Waals surface area contributed by atoms with E-state index in [4.69, 9.17) is 9.47 Å². The molecular weight excluding hydrogens is 332 g/mol. The van der Waals surface area contributed by atoms with Gasteiger partial charge in [-0.15, -0.1) is 0 Å². The van der Waals surface area contributed by atoms with Crippen LogP contribution >= 0.6 is 0 Å². The van der Waals surface area contributed by atoms with Crippen LogP contribution in [0, 0.1) is 11.8 Å². The first kappa shape index (κ1) is 19.0. The molecule has 3 rings (SSSR count). The van der Waals surface area contributed by atoms with E-state index >= 15 is 0 Å². The number of morpholine rings is 1. The molecule has 1 aromatic rings. The zero-order valence-electron chi connectivity index (χ0n) is 15.8. The second-order valence-corrected chi connectivity index (χ2v) is 7.59. The predicted molar refractivity (Wildman–Crippen MR) is 98.9 cm³/mol. The van der Waals surface area contributed by atoms with Crippen molar-refractivity contribution in [2.75, 3.05) is 50.8 Å². The zero-order chi connectivity index (χ0) is 18.4. The Morgan fingerprint density at radius 1 is 1.27 bits per heavy atom. The molecule has 0 spiro atoms. The van der Waals surface area contributed by atoms with Crippen LogP contribution < -0.4 is 4.90 Å². The van der Waals surface area contributed by atoms with Crippen LogP contribution in [0.3, 0.4) is 0 Å². The van der Waals surface area contributed by atoms with Gasteiger partial charge in [-0.05, 0) is 24.8 Å². The van der Waals surface area contributed by atoms with Crippen molar-refractivity contribution in [2.24, 2.45) is 11.8 Å². The Balaban J connectivity index is 1.39. The first-order valence-electron chi connectivity index (χ1n) is 9.64. The SMILES string of the molecule is CC(C)CN1CCOC(COC(=O)C2CCN(c3ncccn3)CC2)C1. The maximum atomic E-state index is 12.4. The molecule has 1 atom stereocenters. The highest BCUT2D eigenvalue weighted by molar-refractivity contribution is 5.72. The van der Waals surface area contributed by atoms with Gasteiger partial charge < -0.3 is 14.4 Å². The molecule has 0 aliphatic carbocycles. The number of hydrogen-bond donors (Lipinski definition) is 0. The summed E-state index contributed by atoms with van der Waals surface area (Å²) in [5, 5.41) is 0. The molecule has 0 saturated carbocycles. The Bertz CT molecular complexity index is 561. The average Bonchev–Trinajstić information content (AvgIpc) is 2.67. The second-order valence-electron chi connectivity index (χ2n) is 7.59. The fraction of sp³-hybridized carbons (Fsp3) is 0.737. The lowest BCUT2D eigenvalue weighted by Gasteiger charge is -2.34. The van der Waals surface area contributed by atoms with Gasteiger partial charge in [-0.2, -0.15) is 0 Å². The van der Waals surface area contributed by atoms with Crippen LogP contribution in [-0.2, 0) is 14.3 Å². The lowest BCUT2D eigenvalue weighted by atomic mass is 9.97. The van der Waals surface area contributed by atoms with Crippen molar-refractivity contribution < 1.29 is 14.3 Å². The van der Waals surface area contributed by atoms with E-state index in [2.05, 4.69) is 33.6 Å². The van der Waals surface area contributed by atoms with Gasteiger partial charge in [0.25, 0.3) is 0 Å². The molecule has 2 aliphatic rings. The first-order chi connectivity index (χ1) is 12.6. The average molecular weight is 362 g/mol. The number of aromatic nitrogens is 2. The van der Waals surface area contributed by atoms with Crippen molar-refractivity contribution in [1.82, 2.24) is 14.9 Å². The standard InChI is InChI=1S/C19H30N4O3/c1-15(2)12-22-10-11-25-17(13-22)14-26-18(24)16-4-8-23(9-5-16)19-20-6-3-7-21-19/h3,6-7,15-17H,4-5,8-14H2,1-2H3. The zero-order valence-corrected chi connectivity index (χ0v) is 15.8. The fourth-order valence-corrected chi connectivity index (χ4v) is 3.63. The van der Waals surface area contributed by atoms with Crippen molar-refractivity contribution >= 4 is 11.9 Å². The van der Waals surface area contributed by atoms with Crippen molar-refractivity contribution in [3.8, 4) is 0 Å². The van der Waals surface area contributed by atoms with Crippen LogP contribution in [0.15, 0.2) is 18.5 Å². The summed E-state index contributed by atoms with van der Waals surface area (Å²) in [7, 11) is 0. The van der Waals surface area contributed by atoms with E-state index in [0.29, 0.717) is 19.1 Å². The topological polar surface area (TPSA) is 67.8 Å². The van der Waals surface area contributed by atoms with Gasteiger partial charge in [0.05, 0.1) is 12.5 Å². The molecule has 2 saturated heterocycles. The molecule has 2 fully saturated rings. The molecule has 2 aliphatic heterocycles. The third-order valence-electron chi connectivity index (χ3n) is 4.92. The first-order valence-corrected chi connectivity index (χ1v) is 9.64. The number of nitrogens with zero attached hydrogens (tertiary/aromatic N) is 4. The summed E-state index contributed by atoms with van der Waals surface area (Å²) in [6.07, 6.45) is 5.04. The molecule has 1 unspecified atom stereocenters. The summed E-state index contributed by atoms with van der Waals surface area (Å²) in [5.74, 6) is 1.24. The van der Waals surface area contributed by atoms with Crippen LogP contribution in [0.25, 0.3) is 0 Å². The number of anilines is 1. The lowest BCUT2D eigenvalue weighted by molar-refractivity contribution is -0.156. The Kier molecular flexibility index (Phi) is 6.80. The van der Waals surface area contributed by atoms with Gasteiger partial charge >= 0.3 is 5.97 Å². The lowest BCUT2D eigenvalue weighted by Crippen LogP contribution is -2.46. The number of carbonyl (C=O) groups excluding carboxylic acids is 1. The highest BCUT2D eigenvalue weighted by Crippen LogP contribution is 2.21. The molecule has 0 amide bonds. The minimum absolute atomic E-state index is 0.00995. The molecule has 0 radical (unpaired) electrons. The molecule has 0 aromatic carbocycles. The summed E-state index contributed by atoms with van der Waals surface area (Å²) in [6, 6.07) is 1.81. The minimum Gasteiger partial charge on any atom is -0.463 e. The smallest absolute Gasteiger partial charge is 0.309 e. The van der Waals surface area contributed by atoms with E-state index in [0.717, 1.165) is 51.5 Å². The van der Waals surface area contributed by atoms with Gasteiger partial charge in [0.2, 0.25) is 5.95 Å². The van der Waals surface area contributed by atoms with Crippen molar-refractivity contribution in [1.29, 1.82) is 0 Å². The third-order valence-corrected chi connectivity index (χ3v) is 4.92. The number of ether oxygens (including phenoxy) is 2. The van der Waals surface area contributed by atoms with Gasteiger partial charge in [-0.3, -0.25) is 9.69 Å². The Morgan fingerprint density at radius 3 is 2.69 bits per heavy atom. The number of carbonyl (C=O) groups is 1. The number of esters is 1. The molecule has 26 heavy (non-hydrogen) atoms. The second kappa shape index (κ2) is 9.28. The van der Waals surface area contributed by atoms with Crippen LogP contribution in [-0.4, -0.2) is 72.9 Å². The van der Waals surface area contributed by atoms with Gasteiger partial charge in [-0.25, -0.2) is 9.97 Å².